The Morgan fingerprint density at radius 3 is 1.00 bits per heavy atom. The van der Waals surface area contributed by atoms with Crippen LogP contribution in [0, 0.1) is 0 Å². The van der Waals surface area contributed by atoms with Crippen LogP contribution in [-0.2, 0) is 18.9 Å². The lowest BCUT2D eigenvalue weighted by Crippen LogP contribution is -2.12. The molecule has 0 saturated carbocycles. The number of carbonyl (C=O) groups is 4. The second-order valence-corrected chi connectivity index (χ2v) is 11.7. The Hall–Kier alpha value is -4.72. The van der Waals surface area contributed by atoms with E-state index >= 15 is 0 Å². The van der Waals surface area contributed by atoms with Gasteiger partial charge in [-0.3, -0.25) is 0 Å². The van der Waals surface area contributed by atoms with Gasteiger partial charge in [0.2, 0.25) is 0 Å². The van der Waals surface area contributed by atoms with E-state index in [1.165, 1.54) is 0 Å². The minimum Gasteiger partial charge on any atom is -0.462 e. The van der Waals surface area contributed by atoms with Gasteiger partial charge in [-0.25, -0.2) is 19.2 Å². The van der Waals surface area contributed by atoms with Crippen LogP contribution < -0.4 is 0 Å². The van der Waals surface area contributed by atoms with Gasteiger partial charge in [0.25, 0.3) is 0 Å². The van der Waals surface area contributed by atoms with E-state index in [0.717, 1.165) is 51.4 Å². The summed E-state index contributed by atoms with van der Waals surface area (Å²) in [6.45, 7) is 9.11. The van der Waals surface area contributed by atoms with Crippen molar-refractivity contribution in [2.45, 2.75) is 79.1 Å². The zero-order valence-corrected chi connectivity index (χ0v) is 28.5. The second kappa shape index (κ2) is 18.0. The highest BCUT2D eigenvalue weighted by atomic mass is 16.5. The van der Waals surface area contributed by atoms with Crippen molar-refractivity contribution < 1.29 is 38.1 Å². The smallest absolute Gasteiger partial charge is 0.338 e. The highest BCUT2D eigenvalue weighted by Crippen LogP contribution is 2.39. The molecule has 8 heteroatoms. The van der Waals surface area contributed by atoms with Crippen LogP contribution in [0.3, 0.4) is 0 Å². The van der Waals surface area contributed by atoms with Crippen LogP contribution in [0.1, 0.15) is 120 Å². The van der Waals surface area contributed by atoms with E-state index in [4.69, 9.17) is 18.9 Å². The van der Waals surface area contributed by atoms with Crippen molar-refractivity contribution in [1.82, 2.24) is 0 Å². The molecule has 0 aliphatic carbocycles. The molecule has 0 aromatic heterocycles. The molecule has 0 N–H and O–H groups in total. The Kier molecular flexibility index (Phi) is 13.5. The minimum absolute atomic E-state index is 0.258. The molecule has 0 heterocycles. The lowest BCUT2D eigenvalue weighted by Gasteiger charge is -2.18. The Bertz CT molecular complexity index is 1570. The van der Waals surface area contributed by atoms with Crippen molar-refractivity contribution in [3.05, 3.63) is 82.9 Å². The van der Waals surface area contributed by atoms with Crippen LogP contribution in [0.4, 0.5) is 0 Å². The molecule has 0 aliphatic heterocycles. The van der Waals surface area contributed by atoms with Crippen LogP contribution >= 0.6 is 0 Å². The van der Waals surface area contributed by atoms with Crippen molar-refractivity contribution >= 4 is 45.4 Å². The van der Waals surface area contributed by atoms with Crippen molar-refractivity contribution in [1.29, 1.82) is 0 Å². The summed E-state index contributed by atoms with van der Waals surface area (Å²) in [6.07, 6.45) is 6.34. The Morgan fingerprint density at radius 2 is 0.708 bits per heavy atom. The van der Waals surface area contributed by atoms with Crippen molar-refractivity contribution in [3.8, 4) is 11.1 Å². The molecular formula is C40H46O8. The van der Waals surface area contributed by atoms with E-state index < -0.39 is 23.9 Å². The highest BCUT2D eigenvalue weighted by Gasteiger charge is 2.25. The molecular weight excluding hydrogens is 608 g/mol. The number of carbonyl (C=O) groups excluding carboxylic acids is 4. The van der Waals surface area contributed by atoms with Crippen LogP contribution in [0.25, 0.3) is 32.7 Å². The average Bonchev–Trinajstić information content (AvgIpc) is 3.10. The van der Waals surface area contributed by atoms with Gasteiger partial charge in [-0.2, -0.15) is 0 Å². The minimum atomic E-state index is -0.527. The highest BCUT2D eigenvalue weighted by molar-refractivity contribution is 6.21. The first-order valence-electron chi connectivity index (χ1n) is 17.2. The van der Waals surface area contributed by atoms with Crippen molar-refractivity contribution in [2.75, 3.05) is 26.4 Å². The zero-order chi connectivity index (χ0) is 34.5. The topological polar surface area (TPSA) is 105 Å². The van der Waals surface area contributed by atoms with Crippen LogP contribution in [-0.4, -0.2) is 50.3 Å². The molecule has 254 valence electrons. The monoisotopic (exact) mass is 654 g/mol. The molecule has 0 amide bonds. The lowest BCUT2D eigenvalue weighted by molar-refractivity contribution is 0.0485. The summed E-state index contributed by atoms with van der Waals surface area (Å²) < 4.78 is 22.4. The molecule has 4 rings (SSSR count). The molecule has 0 bridgehead atoms. The molecule has 0 radical (unpaired) electrons. The summed E-state index contributed by atoms with van der Waals surface area (Å²) in [5.74, 6) is -2.11. The maximum Gasteiger partial charge on any atom is 0.338 e. The van der Waals surface area contributed by atoms with Crippen LogP contribution in [0.15, 0.2) is 60.7 Å². The summed E-state index contributed by atoms with van der Waals surface area (Å²) in [5, 5.41) is 2.09. The van der Waals surface area contributed by atoms with Gasteiger partial charge in [0.15, 0.2) is 0 Å². The predicted octanol–water partition coefficient (Wildman–Crippen LogP) is 9.49. The number of rotatable bonds is 17. The normalized spacial score (nSPS) is 11.0. The first-order chi connectivity index (χ1) is 23.4. The third-order valence-corrected chi connectivity index (χ3v) is 8.18. The summed E-state index contributed by atoms with van der Waals surface area (Å²) in [6, 6.07) is 17.5. The van der Waals surface area contributed by atoms with Gasteiger partial charge >= 0.3 is 23.9 Å². The van der Waals surface area contributed by atoms with Gasteiger partial charge in [-0.05, 0) is 71.8 Å². The fourth-order valence-corrected chi connectivity index (χ4v) is 5.51. The maximum atomic E-state index is 13.4. The van der Waals surface area contributed by atoms with Gasteiger partial charge in [0.1, 0.15) is 0 Å². The SMILES string of the molecule is CCCCOC(=O)c1cccc2c(-c3ccc(C(=O)OCCCC)c4c(C(=O)OCCCC)cccc34)ccc(C(=O)OCCCC)c12. The quantitative estimate of drug-likeness (QED) is 0.0630. The average molecular weight is 655 g/mol. The van der Waals surface area contributed by atoms with Gasteiger partial charge in [-0.1, -0.05) is 89.8 Å². The number of hydrogen-bond donors (Lipinski definition) is 0. The number of esters is 4. The third kappa shape index (κ3) is 8.40. The molecule has 4 aromatic carbocycles. The molecule has 0 saturated heterocycles. The van der Waals surface area contributed by atoms with E-state index in [2.05, 4.69) is 0 Å². The Balaban J connectivity index is 1.96. The lowest BCUT2D eigenvalue weighted by atomic mass is 9.87. The molecule has 4 aromatic rings. The summed E-state index contributed by atoms with van der Waals surface area (Å²) in [5.41, 5.74) is 2.43. The Morgan fingerprint density at radius 1 is 0.417 bits per heavy atom. The van der Waals surface area contributed by atoms with E-state index in [1.54, 1.807) is 36.4 Å². The molecule has 0 fully saturated rings. The third-order valence-electron chi connectivity index (χ3n) is 8.18. The summed E-state index contributed by atoms with van der Waals surface area (Å²) in [4.78, 5) is 53.6. The Labute approximate surface area is 282 Å². The summed E-state index contributed by atoms with van der Waals surface area (Å²) in [7, 11) is 0. The second-order valence-electron chi connectivity index (χ2n) is 11.7. The largest absolute Gasteiger partial charge is 0.462 e. The standard InChI is InChI=1S/C40H46O8/c1-5-9-23-45-37(41)31-17-13-15-29-27(19-21-33(35(29)31)39(43)47-25-11-7-3)28-20-22-34(40(44)48-26-12-8-4)36-30(28)16-14-18-32(36)38(42)46-24-10-6-2/h13-22H,5-12,23-26H2,1-4H3. The number of ether oxygens (including phenoxy) is 4. The maximum absolute atomic E-state index is 13.4. The molecule has 0 atom stereocenters. The fourth-order valence-electron chi connectivity index (χ4n) is 5.51. The van der Waals surface area contributed by atoms with Crippen molar-refractivity contribution in [3.63, 3.8) is 0 Å². The van der Waals surface area contributed by atoms with Gasteiger partial charge in [0.05, 0.1) is 48.7 Å². The van der Waals surface area contributed by atoms with Crippen molar-refractivity contribution in [2.24, 2.45) is 0 Å². The predicted molar refractivity (Wildman–Crippen MR) is 188 cm³/mol. The van der Waals surface area contributed by atoms with E-state index in [1.807, 2.05) is 52.0 Å². The molecule has 8 nitrogen and oxygen atoms in total. The van der Waals surface area contributed by atoms with E-state index in [0.29, 0.717) is 32.7 Å². The van der Waals surface area contributed by atoms with Gasteiger partial charge in [-0.15, -0.1) is 0 Å². The number of hydrogen-bond acceptors (Lipinski definition) is 8. The van der Waals surface area contributed by atoms with Crippen LogP contribution in [0.5, 0.6) is 0 Å². The number of unbranched alkanes of at least 4 members (excludes halogenated alkanes) is 4. The fraction of sp³-hybridized carbons (Fsp3) is 0.400. The zero-order valence-electron chi connectivity index (χ0n) is 28.5. The summed E-state index contributed by atoms with van der Waals surface area (Å²) >= 11 is 0. The van der Waals surface area contributed by atoms with Crippen LogP contribution in [0.2, 0.25) is 0 Å². The molecule has 0 unspecified atom stereocenters. The first-order valence-corrected chi connectivity index (χ1v) is 17.2. The van der Waals surface area contributed by atoms with E-state index in [9.17, 15) is 19.2 Å². The van der Waals surface area contributed by atoms with Gasteiger partial charge < -0.3 is 18.9 Å². The molecule has 48 heavy (non-hydrogen) atoms. The number of benzene rings is 4. The van der Waals surface area contributed by atoms with E-state index in [-0.39, 0.29) is 48.7 Å². The van der Waals surface area contributed by atoms with Gasteiger partial charge in [0, 0.05) is 10.8 Å². The first kappa shape index (κ1) is 36.1. The number of fused-ring (bicyclic) bond motifs is 2. The molecule has 0 spiro atoms. The molecule has 0 aliphatic rings.